The summed E-state index contributed by atoms with van der Waals surface area (Å²) in [7, 11) is 0. The van der Waals surface area contributed by atoms with E-state index < -0.39 is 0 Å². The summed E-state index contributed by atoms with van der Waals surface area (Å²) >= 11 is 9.02. The summed E-state index contributed by atoms with van der Waals surface area (Å²) in [5.41, 5.74) is 0. The fourth-order valence-corrected chi connectivity index (χ4v) is 3.72. The Balaban J connectivity index is 2.19. The Morgan fingerprint density at radius 2 is 2.13 bits per heavy atom. The molecule has 0 bridgehead atoms. The van der Waals surface area contributed by atoms with Crippen molar-refractivity contribution in [1.82, 2.24) is 4.98 Å². The van der Waals surface area contributed by atoms with Crippen LogP contribution in [0, 0.1) is 0 Å². The highest BCUT2D eigenvalue weighted by Gasteiger charge is 2.13. The smallest absolute Gasteiger partial charge is 0.142 e. The standard InChI is InChI=1S/C10H12Br2N2S/c11-8-6-9(12)10(13-7-8)14-2-1-4-15-5-3-14/h6-7H,1-5H2. The fourth-order valence-electron chi connectivity index (χ4n) is 1.60. The van der Waals surface area contributed by atoms with Crippen LogP contribution in [-0.2, 0) is 0 Å². The van der Waals surface area contributed by atoms with Crippen LogP contribution in [0.5, 0.6) is 0 Å². The van der Waals surface area contributed by atoms with Gasteiger partial charge in [-0.1, -0.05) is 0 Å². The molecule has 1 aliphatic heterocycles. The summed E-state index contributed by atoms with van der Waals surface area (Å²) in [6.07, 6.45) is 3.10. The average molecular weight is 352 g/mol. The molecule has 2 nitrogen and oxygen atoms in total. The first kappa shape index (κ1) is 11.7. The van der Waals surface area contributed by atoms with E-state index in [4.69, 9.17) is 0 Å². The second-order valence-corrected chi connectivity index (χ2v) is 6.41. The van der Waals surface area contributed by atoms with Crippen LogP contribution in [0.4, 0.5) is 5.82 Å². The Morgan fingerprint density at radius 1 is 1.27 bits per heavy atom. The lowest BCUT2D eigenvalue weighted by Gasteiger charge is -2.22. The quantitative estimate of drug-likeness (QED) is 0.769. The van der Waals surface area contributed by atoms with E-state index in [1.54, 1.807) is 0 Å². The first-order chi connectivity index (χ1) is 7.27. The van der Waals surface area contributed by atoms with E-state index in [0.717, 1.165) is 27.9 Å². The molecule has 0 aromatic carbocycles. The van der Waals surface area contributed by atoms with Crippen molar-refractivity contribution >= 4 is 49.4 Å². The highest BCUT2D eigenvalue weighted by Crippen LogP contribution is 2.28. The lowest BCUT2D eigenvalue weighted by molar-refractivity contribution is 0.798. The molecular weight excluding hydrogens is 340 g/mol. The van der Waals surface area contributed by atoms with Gasteiger partial charge in [0.15, 0.2) is 0 Å². The fraction of sp³-hybridized carbons (Fsp3) is 0.500. The van der Waals surface area contributed by atoms with E-state index in [9.17, 15) is 0 Å². The van der Waals surface area contributed by atoms with Crippen LogP contribution in [0.3, 0.4) is 0 Å². The first-order valence-corrected chi connectivity index (χ1v) is 7.65. The molecule has 82 valence electrons. The van der Waals surface area contributed by atoms with Crippen molar-refractivity contribution in [2.75, 3.05) is 29.5 Å². The largest absolute Gasteiger partial charge is 0.355 e. The van der Waals surface area contributed by atoms with E-state index in [0.29, 0.717) is 0 Å². The van der Waals surface area contributed by atoms with Crippen LogP contribution in [-0.4, -0.2) is 29.6 Å². The van der Waals surface area contributed by atoms with Crippen molar-refractivity contribution < 1.29 is 0 Å². The summed E-state index contributed by atoms with van der Waals surface area (Å²) in [5.74, 6) is 3.54. The minimum absolute atomic E-state index is 1.02. The lowest BCUT2D eigenvalue weighted by Crippen LogP contribution is -2.26. The van der Waals surface area contributed by atoms with E-state index in [1.807, 2.05) is 18.0 Å². The number of halogens is 2. The summed E-state index contributed by atoms with van der Waals surface area (Å²) < 4.78 is 2.09. The topological polar surface area (TPSA) is 16.1 Å². The van der Waals surface area contributed by atoms with Crippen molar-refractivity contribution in [3.05, 3.63) is 21.2 Å². The number of nitrogens with zero attached hydrogens (tertiary/aromatic N) is 2. The van der Waals surface area contributed by atoms with Gasteiger partial charge in [0.05, 0.1) is 4.47 Å². The van der Waals surface area contributed by atoms with Gasteiger partial charge in [-0.25, -0.2) is 4.98 Å². The van der Waals surface area contributed by atoms with Crippen LogP contribution in [0.25, 0.3) is 0 Å². The molecule has 2 heterocycles. The third-order valence-corrected chi connectivity index (χ3v) is 4.38. The summed E-state index contributed by atoms with van der Waals surface area (Å²) in [5, 5.41) is 0. The second-order valence-electron chi connectivity index (χ2n) is 3.41. The molecule has 0 atom stereocenters. The third-order valence-electron chi connectivity index (χ3n) is 2.31. The minimum atomic E-state index is 1.02. The van der Waals surface area contributed by atoms with Crippen LogP contribution in [0.2, 0.25) is 0 Å². The molecule has 0 spiro atoms. The Labute approximate surface area is 111 Å². The Hall–Kier alpha value is 0.260. The number of hydrogen-bond donors (Lipinski definition) is 0. The zero-order chi connectivity index (χ0) is 10.7. The molecule has 1 aliphatic rings. The summed E-state index contributed by atoms with van der Waals surface area (Å²) in [6.45, 7) is 2.21. The van der Waals surface area contributed by atoms with E-state index in [-0.39, 0.29) is 0 Å². The Bertz CT molecular complexity index is 338. The van der Waals surface area contributed by atoms with Crippen molar-refractivity contribution in [3.63, 3.8) is 0 Å². The molecule has 1 aromatic heterocycles. The number of aromatic nitrogens is 1. The maximum Gasteiger partial charge on any atom is 0.142 e. The van der Waals surface area contributed by atoms with E-state index in [2.05, 4.69) is 47.8 Å². The molecule has 15 heavy (non-hydrogen) atoms. The molecule has 0 radical (unpaired) electrons. The van der Waals surface area contributed by atoms with Gasteiger partial charge >= 0.3 is 0 Å². The van der Waals surface area contributed by atoms with Gasteiger partial charge in [0, 0.05) is 29.5 Å². The molecule has 1 saturated heterocycles. The van der Waals surface area contributed by atoms with Crippen LogP contribution in [0.1, 0.15) is 6.42 Å². The minimum Gasteiger partial charge on any atom is -0.355 e. The van der Waals surface area contributed by atoms with Crippen LogP contribution in [0.15, 0.2) is 21.2 Å². The maximum absolute atomic E-state index is 4.47. The number of hydrogen-bond acceptors (Lipinski definition) is 3. The molecule has 0 N–H and O–H groups in total. The SMILES string of the molecule is Brc1cnc(N2CCCSCC2)c(Br)c1. The maximum atomic E-state index is 4.47. The van der Waals surface area contributed by atoms with Gasteiger partial charge in [0.2, 0.25) is 0 Å². The number of anilines is 1. The average Bonchev–Trinajstić information content (AvgIpc) is 2.46. The van der Waals surface area contributed by atoms with E-state index >= 15 is 0 Å². The number of thioether (sulfide) groups is 1. The summed E-state index contributed by atoms with van der Waals surface area (Å²) in [4.78, 5) is 6.82. The van der Waals surface area contributed by atoms with Gasteiger partial charge in [-0.15, -0.1) is 0 Å². The first-order valence-electron chi connectivity index (χ1n) is 4.91. The Kier molecular flexibility index (Phi) is 4.34. The molecule has 0 amide bonds. The lowest BCUT2D eigenvalue weighted by atomic mass is 10.3. The molecule has 1 aromatic rings. The second kappa shape index (κ2) is 5.55. The van der Waals surface area contributed by atoms with E-state index in [1.165, 1.54) is 17.9 Å². The normalized spacial score (nSPS) is 17.6. The van der Waals surface area contributed by atoms with Gasteiger partial charge in [-0.3, -0.25) is 0 Å². The number of pyridine rings is 1. The van der Waals surface area contributed by atoms with Gasteiger partial charge in [-0.05, 0) is 50.1 Å². The Morgan fingerprint density at radius 3 is 2.93 bits per heavy atom. The van der Waals surface area contributed by atoms with Crippen molar-refractivity contribution in [2.24, 2.45) is 0 Å². The van der Waals surface area contributed by atoms with Gasteiger partial charge < -0.3 is 4.90 Å². The zero-order valence-corrected chi connectivity index (χ0v) is 12.2. The van der Waals surface area contributed by atoms with Gasteiger partial charge in [0.25, 0.3) is 0 Å². The third kappa shape index (κ3) is 3.11. The van der Waals surface area contributed by atoms with Crippen LogP contribution >= 0.6 is 43.6 Å². The molecular formula is C10H12Br2N2S. The molecule has 1 fully saturated rings. The summed E-state index contributed by atoms with van der Waals surface area (Å²) in [6, 6.07) is 2.06. The highest BCUT2D eigenvalue weighted by atomic mass is 79.9. The molecule has 5 heteroatoms. The monoisotopic (exact) mass is 350 g/mol. The molecule has 0 unspecified atom stereocenters. The van der Waals surface area contributed by atoms with Crippen molar-refractivity contribution in [2.45, 2.75) is 6.42 Å². The van der Waals surface area contributed by atoms with Gasteiger partial charge in [0.1, 0.15) is 5.82 Å². The van der Waals surface area contributed by atoms with Crippen molar-refractivity contribution in [1.29, 1.82) is 0 Å². The zero-order valence-electron chi connectivity index (χ0n) is 8.25. The molecule has 0 saturated carbocycles. The molecule has 2 rings (SSSR count). The van der Waals surface area contributed by atoms with Gasteiger partial charge in [-0.2, -0.15) is 11.8 Å². The van der Waals surface area contributed by atoms with Crippen molar-refractivity contribution in [3.8, 4) is 0 Å². The molecule has 0 aliphatic carbocycles. The highest BCUT2D eigenvalue weighted by molar-refractivity contribution is 9.11. The number of rotatable bonds is 1. The predicted molar refractivity (Wildman–Crippen MR) is 73.8 cm³/mol. The van der Waals surface area contributed by atoms with Crippen LogP contribution < -0.4 is 4.90 Å². The predicted octanol–water partition coefficient (Wildman–Crippen LogP) is 3.55.